The lowest BCUT2D eigenvalue weighted by atomic mass is 9.83. The SMILES string of the molecule is Cc1c(C(=O)NC[C@@H]2CCCN3CCCC[C@H]23)cnn1-c1ccc(OC(F)(F)F)cc1. The highest BCUT2D eigenvalue weighted by Gasteiger charge is 2.33. The number of nitrogens with one attached hydrogen (secondary N) is 1. The van der Waals surface area contributed by atoms with Crippen molar-refractivity contribution in [2.75, 3.05) is 19.6 Å². The van der Waals surface area contributed by atoms with E-state index in [1.807, 2.05) is 0 Å². The van der Waals surface area contributed by atoms with E-state index in [2.05, 4.69) is 20.1 Å². The molecule has 0 aliphatic carbocycles. The first-order chi connectivity index (χ1) is 14.8. The van der Waals surface area contributed by atoms with Gasteiger partial charge < -0.3 is 15.0 Å². The molecule has 6 nitrogen and oxygen atoms in total. The third-order valence-electron chi connectivity index (χ3n) is 6.32. The van der Waals surface area contributed by atoms with Crippen LogP contribution in [0.15, 0.2) is 30.5 Å². The predicted molar refractivity (Wildman–Crippen MR) is 109 cm³/mol. The van der Waals surface area contributed by atoms with Gasteiger partial charge in [0.15, 0.2) is 0 Å². The van der Waals surface area contributed by atoms with Crippen LogP contribution >= 0.6 is 0 Å². The Balaban J connectivity index is 1.40. The Labute approximate surface area is 179 Å². The number of nitrogens with zero attached hydrogens (tertiary/aromatic N) is 3. The van der Waals surface area contributed by atoms with Gasteiger partial charge in [-0.25, -0.2) is 4.68 Å². The summed E-state index contributed by atoms with van der Waals surface area (Å²) >= 11 is 0. The highest BCUT2D eigenvalue weighted by atomic mass is 19.4. The third-order valence-corrected chi connectivity index (χ3v) is 6.32. The Morgan fingerprint density at radius 2 is 1.90 bits per heavy atom. The van der Waals surface area contributed by atoms with Crippen LogP contribution in [0, 0.1) is 12.8 Å². The van der Waals surface area contributed by atoms with Crippen LogP contribution in [-0.2, 0) is 0 Å². The van der Waals surface area contributed by atoms with Gasteiger partial charge in [-0.15, -0.1) is 13.2 Å². The van der Waals surface area contributed by atoms with Crippen LogP contribution < -0.4 is 10.1 Å². The lowest BCUT2D eigenvalue weighted by molar-refractivity contribution is -0.274. The molecule has 9 heteroatoms. The molecule has 3 heterocycles. The molecule has 0 bridgehead atoms. The molecule has 0 spiro atoms. The van der Waals surface area contributed by atoms with Gasteiger partial charge in [-0.2, -0.15) is 5.10 Å². The first-order valence-corrected chi connectivity index (χ1v) is 10.7. The van der Waals surface area contributed by atoms with Crippen molar-refractivity contribution in [3.8, 4) is 11.4 Å². The molecule has 0 unspecified atom stereocenters. The van der Waals surface area contributed by atoms with E-state index in [1.54, 1.807) is 6.92 Å². The van der Waals surface area contributed by atoms with Crippen LogP contribution in [0.25, 0.3) is 5.69 Å². The molecule has 2 fully saturated rings. The van der Waals surface area contributed by atoms with Crippen LogP contribution in [-0.4, -0.2) is 52.6 Å². The number of alkyl halides is 3. The minimum atomic E-state index is -4.73. The highest BCUT2D eigenvalue weighted by Crippen LogP contribution is 2.30. The summed E-state index contributed by atoms with van der Waals surface area (Å²) < 4.78 is 42.4. The van der Waals surface area contributed by atoms with Crippen LogP contribution in [0.2, 0.25) is 0 Å². The fourth-order valence-electron chi connectivity index (χ4n) is 4.82. The summed E-state index contributed by atoms with van der Waals surface area (Å²) in [6.45, 7) is 4.74. The van der Waals surface area contributed by atoms with E-state index < -0.39 is 6.36 Å². The van der Waals surface area contributed by atoms with Gasteiger partial charge in [0.1, 0.15) is 5.75 Å². The van der Waals surface area contributed by atoms with Crippen molar-refractivity contribution < 1.29 is 22.7 Å². The average Bonchev–Trinajstić information content (AvgIpc) is 3.13. The normalized spacial score (nSPS) is 22.1. The van der Waals surface area contributed by atoms with Crippen LogP contribution in [0.4, 0.5) is 13.2 Å². The van der Waals surface area contributed by atoms with Crippen molar-refractivity contribution in [2.24, 2.45) is 5.92 Å². The Hall–Kier alpha value is -2.55. The van der Waals surface area contributed by atoms with Crippen molar-refractivity contribution in [3.05, 3.63) is 41.7 Å². The fraction of sp³-hybridized carbons (Fsp3) is 0.545. The zero-order chi connectivity index (χ0) is 22.0. The van der Waals surface area contributed by atoms with Crippen molar-refractivity contribution in [1.82, 2.24) is 20.0 Å². The van der Waals surface area contributed by atoms with Crippen molar-refractivity contribution in [2.45, 2.75) is 51.4 Å². The van der Waals surface area contributed by atoms with Gasteiger partial charge in [0.2, 0.25) is 0 Å². The number of hydrogen-bond acceptors (Lipinski definition) is 4. The highest BCUT2D eigenvalue weighted by molar-refractivity contribution is 5.95. The summed E-state index contributed by atoms with van der Waals surface area (Å²) in [4.78, 5) is 15.4. The quantitative estimate of drug-likeness (QED) is 0.768. The topological polar surface area (TPSA) is 59.4 Å². The first-order valence-electron chi connectivity index (χ1n) is 10.7. The molecule has 4 rings (SSSR count). The maximum Gasteiger partial charge on any atom is 0.573 e. The van der Waals surface area contributed by atoms with Crippen molar-refractivity contribution >= 4 is 5.91 Å². The molecule has 168 valence electrons. The Kier molecular flexibility index (Phi) is 6.22. The smallest absolute Gasteiger partial charge is 0.406 e. The van der Waals surface area contributed by atoms with Crippen LogP contribution in [0.1, 0.15) is 48.2 Å². The van der Waals surface area contributed by atoms with Gasteiger partial charge in [-0.05, 0) is 75.9 Å². The molecule has 1 aromatic carbocycles. The number of rotatable bonds is 5. The summed E-state index contributed by atoms with van der Waals surface area (Å²) in [5.41, 5.74) is 1.65. The summed E-state index contributed by atoms with van der Waals surface area (Å²) in [7, 11) is 0. The maximum absolute atomic E-state index is 12.8. The van der Waals surface area contributed by atoms with E-state index in [-0.39, 0.29) is 11.7 Å². The molecule has 2 atom stereocenters. The summed E-state index contributed by atoms with van der Waals surface area (Å²) in [6.07, 6.45) is 2.78. The number of hydrogen-bond donors (Lipinski definition) is 1. The van der Waals surface area contributed by atoms with Gasteiger partial charge in [-0.1, -0.05) is 6.42 Å². The van der Waals surface area contributed by atoms with Gasteiger partial charge in [0.05, 0.1) is 23.1 Å². The van der Waals surface area contributed by atoms with E-state index in [1.165, 1.54) is 60.8 Å². The fourth-order valence-corrected chi connectivity index (χ4v) is 4.82. The molecule has 1 N–H and O–H groups in total. The number of carbonyl (C=O) groups is 1. The Morgan fingerprint density at radius 3 is 2.65 bits per heavy atom. The third kappa shape index (κ3) is 5.03. The minimum Gasteiger partial charge on any atom is -0.406 e. The molecule has 0 radical (unpaired) electrons. The number of fused-ring (bicyclic) bond motifs is 1. The number of amides is 1. The molecule has 2 aromatic rings. The van der Waals surface area contributed by atoms with Crippen molar-refractivity contribution in [1.29, 1.82) is 0 Å². The number of carbonyl (C=O) groups excluding carboxylic acids is 1. The van der Waals surface area contributed by atoms with E-state index in [9.17, 15) is 18.0 Å². The minimum absolute atomic E-state index is 0.172. The number of piperidine rings is 2. The zero-order valence-electron chi connectivity index (χ0n) is 17.5. The number of halogens is 3. The Bertz CT molecular complexity index is 908. The van der Waals surface area contributed by atoms with Gasteiger partial charge in [0, 0.05) is 12.6 Å². The van der Waals surface area contributed by atoms with E-state index in [0.717, 1.165) is 19.5 Å². The van der Waals surface area contributed by atoms with E-state index >= 15 is 0 Å². The second-order valence-electron chi connectivity index (χ2n) is 8.31. The second-order valence-corrected chi connectivity index (χ2v) is 8.31. The summed E-state index contributed by atoms with van der Waals surface area (Å²) in [6, 6.07) is 5.96. The standard InChI is InChI=1S/C22H27F3N4O2/c1-15-19(14-27-29(15)17-7-9-18(10-8-17)31-22(23,24)25)21(30)26-13-16-5-4-12-28-11-3-2-6-20(16)28/h7-10,14,16,20H,2-6,11-13H2,1H3,(H,26,30)/t16-,20+/m0/s1. The number of ether oxygens (including phenoxy) is 1. The molecular formula is C22H27F3N4O2. The molecule has 1 amide bonds. The molecule has 0 saturated carbocycles. The zero-order valence-corrected chi connectivity index (χ0v) is 17.5. The molecule has 2 aliphatic rings. The summed E-state index contributed by atoms with van der Waals surface area (Å²) in [5.74, 6) is -0.00787. The second kappa shape index (κ2) is 8.90. The lowest BCUT2D eigenvalue weighted by Crippen LogP contribution is -2.51. The molecule has 31 heavy (non-hydrogen) atoms. The first kappa shape index (κ1) is 21.7. The summed E-state index contributed by atoms with van der Waals surface area (Å²) in [5, 5.41) is 7.33. The van der Waals surface area contributed by atoms with Crippen LogP contribution in [0.5, 0.6) is 5.75 Å². The predicted octanol–water partition coefficient (Wildman–Crippen LogP) is 4.07. The van der Waals surface area contributed by atoms with Gasteiger partial charge in [-0.3, -0.25) is 4.79 Å². The maximum atomic E-state index is 12.8. The molecule has 2 saturated heterocycles. The average molecular weight is 436 g/mol. The monoisotopic (exact) mass is 436 g/mol. The molecule has 2 aliphatic heterocycles. The van der Waals surface area contributed by atoms with E-state index in [4.69, 9.17) is 0 Å². The van der Waals surface area contributed by atoms with Crippen LogP contribution in [0.3, 0.4) is 0 Å². The lowest BCUT2D eigenvalue weighted by Gasteiger charge is -2.44. The van der Waals surface area contributed by atoms with Gasteiger partial charge in [0.25, 0.3) is 5.91 Å². The Morgan fingerprint density at radius 1 is 1.16 bits per heavy atom. The number of benzene rings is 1. The molecular weight excluding hydrogens is 409 g/mol. The van der Waals surface area contributed by atoms with Crippen molar-refractivity contribution in [3.63, 3.8) is 0 Å². The largest absolute Gasteiger partial charge is 0.573 e. The number of aromatic nitrogens is 2. The molecule has 1 aromatic heterocycles. The van der Waals surface area contributed by atoms with Gasteiger partial charge >= 0.3 is 6.36 Å². The van der Waals surface area contributed by atoms with E-state index in [0.29, 0.717) is 35.4 Å².